The van der Waals surface area contributed by atoms with Gasteiger partial charge >= 0.3 is 0 Å². The number of amides is 2. The van der Waals surface area contributed by atoms with Gasteiger partial charge in [-0.3, -0.25) is 9.59 Å². The highest BCUT2D eigenvalue weighted by molar-refractivity contribution is 9.10. The standard InChI is InChI=1S/C25H27BrN4O2/c26-22-6-4-20(5-7-22)24(31)30-14-10-21(11-15-30)25(32)29-13-1-12-28(16-17-29)23-8-2-19(18-27)3-9-23/h2-9,21H,1,10-17H2. The summed E-state index contributed by atoms with van der Waals surface area (Å²) < 4.78 is 0.952. The summed E-state index contributed by atoms with van der Waals surface area (Å²) in [5, 5.41) is 8.99. The maximum atomic E-state index is 13.2. The van der Waals surface area contributed by atoms with Gasteiger partial charge in [0.05, 0.1) is 11.6 Å². The highest BCUT2D eigenvalue weighted by Crippen LogP contribution is 2.24. The molecule has 0 aromatic heterocycles. The molecule has 2 fully saturated rings. The second-order valence-corrected chi connectivity index (χ2v) is 9.31. The predicted octanol–water partition coefficient (Wildman–Crippen LogP) is 3.91. The highest BCUT2D eigenvalue weighted by Gasteiger charge is 2.31. The van der Waals surface area contributed by atoms with Crippen LogP contribution in [0, 0.1) is 17.2 Å². The van der Waals surface area contributed by atoms with Crippen LogP contribution in [0.15, 0.2) is 53.0 Å². The van der Waals surface area contributed by atoms with E-state index >= 15 is 0 Å². The van der Waals surface area contributed by atoms with Crippen LogP contribution in [0.2, 0.25) is 0 Å². The van der Waals surface area contributed by atoms with Crippen LogP contribution in [0.4, 0.5) is 5.69 Å². The largest absolute Gasteiger partial charge is 0.370 e. The molecule has 2 aromatic rings. The van der Waals surface area contributed by atoms with Gasteiger partial charge in [0, 0.05) is 60.9 Å². The zero-order valence-corrected chi connectivity index (χ0v) is 19.6. The first kappa shape index (κ1) is 22.3. The number of nitrogens with zero attached hydrogens (tertiary/aromatic N) is 4. The molecule has 2 amide bonds. The lowest BCUT2D eigenvalue weighted by molar-refractivity contribution is -0.136. The maximum absolute atomic E-state index is 13.2. The Hall–Kier alpha value is -2.85. The lowest BCUT2D eigenvalue weighted by Crippen LogP contribution is -2.45. The Bertz CT molecular complexity index is 992. The highest BCUT2D eigenvalue weighted by atomic mass is 79.9. The van der Waals surface area contributed by atoms with Gasteiger partial charge in [0.2, 0.25) is 5.91 Å². The van der Waals surface area contributed by atoms with Crippen molar-refractivity contribution in [3.63, 3.8) is 0 Å². The van der Waals surface area contributed by atoms with E-state index in [1.807, 2.05) is 58.3 Å². The zero-order valence-electron chi connectivity index (χ0n) is 18.0. The molecule has 2 aliphatic heterocycles. The number of benzene rings is 2. The molecule has 166 valence electrons. The molecule has 4 rings (SSSR count). The number of nitriles is 1. The number of hydrogen-bond acceptors (Lipinski definition) is 4. The average molecular weight is 495 g/mol. The number of carbonyl (C=O) groups is 2. The smallest absolute Gasteiger partial charge is 0.253 e. The van der Waals surface area contributed by atoms with Gasteiger partial charge in [-0.2, -0.15) is 5.26 Å². The van der Waals surface area contributed by atoms with Crippen molar-refractivity contribution in [3.05, 3.63) is 64.1 Å². The summed E-state index contributed by atoms with van der Waals surface area (Å²) in [5.41, 5.74) is 2.44. The monoisotopic (exact) mass is 494 g/mol. The summed E-state index contributed by atoms with van der Waals surface area (Å²) in [6, 6.07) is 17.2. The van der Waals surface area contributed by atoms with E-state index in [2.05, 4.69) is 26.9 Å². The van der Waals surface area contributed by atoms with E-state index in [0.29, 0.717) is 30.8 Å². The first-order chi connectivity index (χ1) is 15.5. The summed E-state index contributed by atoms with van der Waals surface area (Å²) >= 11 is 3.40. The van der Waals surface area contributed by atoms with Crippen LogP contribution in [-0.2, 0) is 4.79 Å². The van der Waals surface area contributed by atoms with E-state index < -0.39 is 0 Å². The Morgan fingerprint density at radius 3 is 2.19 bits per heavy atom. The first-order valence-corrected chi connectivity index (χ1v) is 11.9. The molecular formula is C25H27BrN4O2. The topological polar surface area (TPSA) is 67.7 Å². The Labute approximate surface area is 197 Å². The molecule has 6 nitrogen and oxygen atoms in total. The fourth-order valence-electron chi connectivity index (χ4n) is 4.51. The van der Waals surface area contributed by atoms with Crippen molar-refractivity contribution < 1.29 is 9.59 Å². The summed E-state index contributed by atoms with van der Waals surface area (Å²) in [6.45, 7) is 4.40. The maximum Gasteiger partial charge on any atom is 0.253 e. The van der Waals surface area contributed by atoms with Crippen molar-refractivity contribution >= 4 is 33.4 Å². The molecule has 0 N–H and O–H groups in total. The molecule has 2 aromatic carbocycles. The molecule has 7 heteroatoms. The van der Waals surface area contributed by atoms with Crippen LogP contribution in [0.3, 0.4) is 0 Å². The molecule has 0 saturated carbocycles. The second kappa shape index (κ2) is 10.2. The second-order valence-electron chi connectivity index (χ2n) is 8.40. The van der Waals surface area contributed by atoms with E-state index in [1.54, 1.807) is 0 Å². The molecule has 0 unspecified atom stereocenters. The van der Waals surface area contributed by atoms with Crippen LogP contribution < -0.4 is 4.90 Å². The zero-order chi connectivity index (χ0) is 22.5. The van der Waals surface area contributed by atoms with E-state index in [1.165, 1.54) is 0 Å². The Morgan fingerprint density at radius 1 is 0.844 bits per heavy atom. The van der Waals surface area contributed by atoms with Crippen molar-refractivity contribution in [1.82, 2.24) is 9.80 Å². The third-order valence-electron chi connectivity index (χ3n) is 6.39. The predicted molar refractivity (Wildman–Crippen MR) is 127 cm³/mol. The molecule has 0 bridgehead atoms. The summed E-state index contributed by atoms with van der Waals surface area (Å²) in [5.74, 6) is 0.254. The number of hydrogen-bond donors (Lipinski definition) is 0. The third kappa shape index (κ3) is 5.13. The van der Waals surface area contributed by atoms with Gasteiger partial charge in [-0.1, -0.05) is 15.9 Å². The third-order valence-corrected chi connectivity index (χ3v) is 6.92. The van der Waals surface area contributed by atoms with Crippen molar-refractivity contribution in [2.75, 3.05) is 44.2 Å². The molecule has 32 heavy (non-hydrogen) atoms. The number of piperidine rings is 1. The van der Waals surface area contributed by atoms with Gasteiger partial charge in [0.15, 0.2) is 0 Å². The van der Waals surface area contributed by atoms with Crippen LogP contribution in [0.25, 0.3) is 0 Å². The van der Waals surface area contributed by atoms with Crippen LogP contribution in [0.5, 0.6) is 0 Å². The average Bonchev–Trinajstić information content (AvgIpc) is 3.10. The minimum Gasteiger partial charge on any atom is -0.370 e. The van der Waals surface area contributed by atoms with Crippen LogP contribution in [0.1, 0.15) is 35.2 Å². The van der Waals surface area contributed by atoms with Crippen molar-refractivity contribution in [3.8, 4) is 6.07 Å². The molecule has 2 aliphatic rings. The molecule has 2 heterocycles. The number of carbonyl (C=O) groups excluding carboxylic acids is 2. The van der Waals surface area contributed by atoms with Crippen molar-refractivity contribution in [2.45, 2.75) is 19.3 Å². The molecule has 2 saturated heterocycles. The lowest BCUT2D eigenvalue weighted by atomic mass is 9.94. The van der Waals surface area contributed by atoms with Gasteiger partial charge < -0.3 is 14.7 Å². The Balaban J connectivity index is 1.30. The number of anilines is 1. The normalized spacial score (nSPS) is 17.6. The number of rotatable bonds is 3. The SMILES string of the molecule is N#Cc1ccc(N2CCCN(C(=O)C3CCN(C(=O)c4ccc(Br)cc4)CC3)CC2)cc1. The molecule has 0 spiro atoms. The first-order valence-electron chi connectivity index (χ1n) is 11.1. The Morgan fingerprint density at radius 2 is 1.53 bits per heavy atom. The van der Waals surface area contributed by atoms with Gasteiger partial charge in [0.25, 0.3) is 5.91 Å². The quantitative estimate of drug-likeness (QED) is 0.648. The molecule has 0 aliphatic carbocycles. The van der Waals surface area contributed by atoms with Gasteiger partial charge in [-0.05, 0) is 67.8 Å². The summed E-state index contributed by atoms with van der Waals surface area (Å²) in [6.07, 6.45) is 2.36. The number of likely N-dealkylation sites (tertiary alicyclic amines) is 1. The van der Waals surface area contributed by atoms with Crippen LogP contribution >= 0.6 is 15.9 Å². The van der Waals surface area contributed by atoms with E-state index in [0.717, 1.165) is 49.1 Å². The summed E-state index contributed by atoms with van der Waals surface area (Å²) in [4.78, 5) is 32.1. The van der Waals surface area contributed by atoms with Gasteiger partial charge in [-0.25, -0.2) is 0 Å². The van der Waals surface area contributed by atoms with Gasteiger partial charge in [0.1, 0.15) is 0 Å². The molecule has 0 atom stereocenters. The minimum absolute atomic E-state index is 0.00886. The van der Waals surface area contributed by atoms with Gasteiger partial charge in [-0.15, -0.1) is 0 Å². The van der Waals surface area contributed by atoms with Crippen molar-refractivity contribution in [2.24, 2.45) is 5.92 Å². The van der Waals surface area contributed by atoms with E-state index in [9.17, 15) is 9.59 Å². The lowest BCUT2D eigenvalue weighted by Gasteiger charge is -2.34. The summed E-state index contributed by atoms with van der Waals surface area (Å²) in [7, 11) is 0. The van der Waals surface area contributed by atoms with Crippen LogP contribution in [-0.4, -0.2) is 60.9 Å². The minimum atomic E-state index is -0.00886. The number of halogens is 1. The fraction of sp³-hybridized carbons (Fsp3) is 0.400. The Kier molecular flexibility index (Phi) is 7.11. The van der Waals surface area contributed by atoms with E-state index in [-0.39, 0.29) is 17.7 Å². The fourth-order valence-corrected chi connectivity index (χ4v) is 4.77. The molecular weight excluding hydrogens is 468 g/mol. The van der Waals surface area contributed by atoms with E-state index in [4.69, 9.17) is 5.26 Å². The molecule has 0 radical (unpaired) electrons. The van der Waals surface area contributed by atoms with Crippen molar-refractivity contribution in [1.29, 1.82) is 5.26 Å².